The van der Waals surface area contributed by atoms with Gasteiger partial charge in [-0.15, -0.1) is 0 Å². The van der Waals surface area contributed by atoms with Gasteiger partial charge in [0, 0.05) is 30.7 Å². The molecule has 2 aromatic carbocycles. The predicted octanol–water partition coefficient (Wildman–Crippen LogP) is 2.65. The van der Waals surface area contributed by atoms with E-state index in [-0.39, 0.29) is 24.0 Å². The Morgan fingerprint density at radius 3 is 2.52 bits per heavy atom. The summed E-state index contributed by atoms with van der Waals surface area (Å²) in [6.07, 6.45) is 2.13. The molecule has 132 valence electrons. The number of carbonyl (C=O) groups excluding carboxylic acids is 1. The van der Waals surface area contributed by atoms with Crippen LogP contribution in [0.25, 0.3) is 0 Å². The van der Waals surface area contributed by atoms with E-state index < -0.39 is 5.41 Å². The fourth-order valence-corrected chi connectivity index (χ4v) is 3.72. The maximum atomic E-state index is 12.8. The van der Waals surface area contributed by atoms with Crippen molar-refractivity contribution in [2.45, 2.75) is 24.7 Å². The summed E-state index contributed by atoms with van der Waals surface area (Å²) in [5.74, 6) is -0.372. The van der Waals surface area contributed by atoms with E-state index in [1.54, 1.807) is 24.3 Å². The van der Waals surface area contributed by atoms with Crippen LogP contribution in [-0.4, -0.2) is 45.8 Å². The number of aliphatic hydroxyl groups excluding tert-OH is 1. The summed E-state index contributed by atoms with van der Waals surface area (Å²) >= 11 is 0. The summed E-state index contributed by atoms with van der Waals surface area (Å²) < 4.78 is 0. The van der Waals surface area contributed by atoms with E-state index in [0.29, 0.717) is 25.1 Å². The summed E-state index contributed by atoms with van der Waals surface area (Å²) in [6, 6.07) is 13.9. The van der Waals surface area contributed by atoms with Crippen LogP contribution in [0.3, 0.4) is 0 Å². The lowest BCUT2D eigenvalue weighted by molar-refractivity contribution is 0.0602. The van der Waals surface area contributed by atoms with Gasteiger partial charge in [0.05, 0.1) is 0 Å². The average molecular weight is 341 g/mol. The van der Waals surface area contributed by atoms with Gasteiger partial charge in [-0.05, 0) is 49.1 Å². The quantitative estimate of drug-likeness (QED) is 0.747. The van der Waals surface area contributed by atoms with Crippen LogP contribution >= 0.6 is 0 Å². The molecule has 25 heavy (non-hydrogen) atoms. The third kappa shape index (κ3) is 3.46. The molecule has 1 aliphatic rings. The molecule has 0 spiro atoms. The summed E-state index contributed by atoms with van der Waals surface area (Å²) in [7, 11) is 0. The molecular weight excluding hydrogens is 318 g/mol. The van der Waals surface area contributed by atoms with Crippen molar-refractivity contribution in [3.63, 3.8) is 0 Å². The molecule has 1 unspecified atom stereocenters. The fourth-order valence-electron chi connectivity index (χ4n) is 3.72. The average Bonchev–Trinajstić information content (AvgIpc) is 2.64. The van der Waals surface area contributed by atoms with E-state index in [1.807, 2.05) is 23.1 Å². The number of aliphatic hydroxyl groups is 1. The van der Waals surface area contributed by atoms with E-state index in [2.05, 4.69) is 0 Å². The Bertz CT molecular complexity index is 743. The Morgan fingerprint density at radius 1 is 1.08 bits per heavy atom. The van der Waals surface area contributed by atoms with Gasteiger partial charge in [0.1, 0.15) is 0 Å². The molecule has 3 N–H and O–H groups in total. The van der Waals surface area contributed by atoms with Gasteiger partial charge in [-0.25, -0.2) is 0 Å². The second-order valence-corrected chi connectivity index (χ2v) is 6.65. The highest BCUT2D eigenvalue weighted by Crippen LogP contribution is 2.40. The smallest absolute Gasteiger partial charge is 0.253 e. The number of nitrogens with zero attached hydrogens (tertiary/aromatic N) is 1. The van der Waals surface area contributed by atoms with Crippen molar-refractivity contribution in [3.05, 3.63) is 59.7 Å². The molecule has 3 rings (SSSR count). The standard InChI is InChI=1S/C20H23NO4/c22-12-10-20(16-7-8-17(23)18(24)13-16)9-4-11-21(14-20)19(25)15-5-2-1-3-6-15/h1-3,5-8,13,22-24H,4,9-12,14H2. The number of piperidine rings is 1. The van der Waals surface area contributed by atoms with Crippen molar-refractivity contribution in [2.24, 2.45) is 0 Å². The number of likely N-dealkylation sites (tertiary alicyclic amines) is 1. The zero-order valence-corrected chi connectivity index (χ0v) is 14.1. The van der Waals surface area contributed by atoms with Gasteiger partial charge in [-0.2, -0.15) is 0 Å². The van der Waals surface area contributed by atoms with E-state index in [1.165, 1.54) is 6.07 Å². The Kier molecular flexibility index (Phi) is 4.95. The third-order valence-electron chi connectivity index (χ3n) is 5.06. The van der Waals surface area contributed by atoms with Crippen LogP contribution in [0.1, 0.15) is 35.2 Å². The maximum absolute atomic E-state index is 12.8. The summed E-state index contributed by atoms with van der Waals surface area (Å²) in [6.45, 7) is 1.14. The first-order valence-corrected chi connectivity index (χ1v) is 8.53. The normalized spacial score (nSPS) is 20.4. The molecule has 0 saturated carbocycles. The van der Waals surface area contributed by atoms with Gasteiger partial charge in [0.15, 0.2) is 11.5 Å². The molecule has 1 heterocycles. The Balaban J connectivity index is 1.91. The lowest BCUT2D eigenvalue weighted by atomic mass is 9.71. The molecular formula is C20H23NO4. The zero-order chi connectivity index (χ0) is 17.9. The van der Waals surface area contributed by atoms with E-state index >= 15 is 0 Å². The lowest BCUT2D eigenvalue weighted by Crippen LogP contribution is -2.49. The van der Waals surface area contributed by atoms with Crippen molar-refractivity contribution in [1.29, 1.82) is 0 Å². The number of aromatic hydroxyl groups is 2. The van der Waals surface area contributed by atoms with E-state index in [0.717, 1.165) is 18.4 Å². The molecule has 2 aromatic rings. The second kappa shape index (κ2) is 7.15. The minimum absolute atomic E-state index is 0.00495. The van der Waals surface area contributed by atoms with Crippen LogP contribution in [-0.2, 0) is 5.41 Å². The SMILES string of the molecule is O=C(c1ccccc1)N1CCCC(CCO)(c2ccc(O)c(O)c2)C1. The summed E-state index contributed by atoms with van der Waals surface area (Å²) in [4.78, 5) is 14.6. The van der Waals surface area contributed by atoms with Crippen molar-refractivity contribution >= 4 is 5.91 Å². The molecule has 1 aliphatic heterocycles. The van der Waals surface area contributed by atoms with Gasteiger partial charge in [-0.1, -0.05) is 24.3 Å². The number of hydrogen-bond donors (Lipinski definition) is 3. The first kappa shape index (κ1) is 17.3. The number of rotatable bonds is 4. The first-order chi connectivity index (χ1) is 12.1. The largest absolute Gasteiger partial charge is 0.504 e. The number of benzene rings is 2. The van der Waals surface area contributed by atoms with Crippen LogP contribution < -0.4 is 0 Å². The van der Waals surface area contributed by atoms with Crippen molar-refractivity contribution in [3.8, 4) is 11.5 Å². The molecule has 5 nitrogen and oxygen atoms in total. The van der Waals surface area contributed by atoms with Gasteiger partial charge < -0.3 is 20.2 Å². The van der Waals surface area contributed by atoms with Gasteiger partial charge in [-0.3, -0.25) is 4.79 Å². The minimum atomic E-state index is -0.428. The third-order valence-corrected chi connectivity index (χ3v) is 5.06. The predicted molar refractivity (Wildman–Crippen MR) is 94.7 cm³/mol. The lowest BCUT2D eigenvalue weighted by Gasteiger charge is -2.43. The maximum Gasteiger partial charge on any atom is 0.253 e. The summed E-state index contributed by atoms with van der Waals surface area (Å²) in [5, 5.41) is 29.0. The number of hydrogen-bond acceptors (Lipinski definition) is 4. The Labute approximate surface area is 147 Å². The summed E-state index contributed by atoms with van der Waals surface area (Å²) in [5.41, 5.74) is 1.06. The monoisotopic (exact) mass is 341 g/mol. The number of phenolic OH excluding ortho intramolecular Hbond substituents is 2. The molecule has 5 heteroatoms. The van der Waals surface area contributed by atoms with Crippen molar-refractivity contribution in [2.75, 3.05) is 19.7 Å². The Morgan fingerprint density at radius 2 is 1.84 bits per heavy atom. The van der Waals surface area contributed by atoms with Gasteiger partial charge in [0.25, 0.3) is 5.91 Å². The fraction of sp³-hybridized carbons (Fsp3) is 0.350. The topological polar surface area (TPSA) is 81.0 Å². The molecule has 1 atom stereocenters. The molecule has 1 amide bonds. The van der Waals surface area contributed by atoms with Crippen LogP contribution in [0.2, 0.25) is 0 Å². The van der Waals surface area contributed by atoms with Crippen LogP contribution in [0, 0.1) is 0 Å². The molecule has 0 aliphatic carbocycles. The highest BCUT2D eigenvalue weighted by atomic mass is 16.3. The van der Waals surface area contributed by atoms with E-state index in [4.69, 9.17) is 0 Å². The zero-order valence-electron chi connectivity index (χ0n) is 14.1. The van der Waals surface area contributed by atoms with Crippen LogP contribution in [0.4, 0.5) is 0 Å². The highest BCUT2D eigenvalue weighted by Gasteiger charge is 2.38. The minimum Gasteiger partial charge on any atom is -0.504 e. The van der Waals surface area contributed by atoms with Crippen molar-refractivity contribution in [1.82, 2.24) is 4.90 Å². The molecule has 0 radical (unpaired) electrons. The molecule has 1 saturated heterocycles. The van der Waals surface area contributed by atoms with Gasteiger partial charge >= 0.3 is 0 Å². The molecule has 1 fully saturated rings. The number of amides is 1. The van der Waals surface area contributed by atoms with E-state index in [9.17, 15) is 20.1 Å². The van der Waals surface area contributed by atoms with Crippen molar-refractivity contribution < 1.29 is 20.1 Å². The molecule has 0 aromatic heterocycles. The Hall–Kier alpha value is -2.53. The highest BCUT2D eigenvalue weighted by molar-refractivity contribution is 5.94. The molecule has 0 bridgehead atoms. The number of phenols is 2. The first-order valence-electron chi connectivity index (χ1n) is 8.53. The van der Waals surface area contributed by atoms with Gasteiger partial charge in [0.2, 0.25) is 0 Å². The second-order valence-electron chi connectivity index (χ2n) is 6.65. The van der Waals surface area contributed by atoms with Crippen LogP contribution in [0.15, 0.2) is 48.5 Å². The number of carbonyl (C=O) groups is 1. The van der Waals surface area contributed by atoms with Crippen LogP contribution in [0.5, 0.6) is 11.5 Å².